The van der Waals surface area contributed by atoms with Crippen molar-refractivity contribution in [2.45, 2.75) is 34.0 Å². The van der Waals surface area contributed by atoms with Gasteiger partial charge in [-0.3, -0.25) is 0 Å². The predicted molar refractivity (Wildman–Crippen MR) is 83.3 cm³/mol. The van der Waals surface area contributed by atoms with Gasteiger partial charge in [0.2, 0.25) is 0 Å². The van der Waals surface area contributed by atoms with E-state index in [0.717, 1.165) is 10.6 Å². The molecular weight excluding hydrogens is 413 g/mol. The number of esters is 1. The summed E-state index contributed by atoms with van der Waals surface area (Å²) in [6, 6.07) is 0. The quantitative estimate of drug-likeness (QED) is 0.337. The number of carboxylic acid groups (broad SMARTS) is 1. The van der Waals surface area contributed by atoms with Crippen molar-refractivity contribution in [2.75, 3.05) is 18.2 Å². The van der Waals surface area contributed by atoms with E-state index < -0.39 is 31.1 Å². The van der Waals surface area contributed by atoms with E-state index in [-0.39, 0.29) is 28.5 Å². The molecule has 0 saturated carbocycles. The normalized spacial score (nSPS) is 18.0. The summed E-state index contributed by atoms with van der Waals surface area (Å²) in [5.41, 5.74) is 0. The van der Waals surface area contributed by atoms with Gasteiger partial charge in [-0.2, -0.15) is 0 Å². The molecule has 0 radical (unpaired) electrons. The molecule has 1 fully saturated rings. The van der Waals surface area contributed by atoms with Gasteiger partial charge in [-0.25, -0.2) is 0 Å². The van der Waals surface area contributed by atoms with Crippen molar-refractivity contribution in [2.24, 2.45) is 0 Å². The molecule has 1 aliphatic rings. The first kappa shape index (κ1) is 19.3. The first-order valence-electron chi connectivity index (χ1n) is 7.15. The van der Waals surface area contributed by atoms with Gasteiger partial charge in [-0.05, 0) is 0 Å². The molecule has 2 N–H and O–H groups in total. The number of carbonyl (C=O) groups is 4. The Balaban J connectivity index is 2.24. The Hall–Kier alpha value is -0.700. The third-order valence-corrected chi connectivity index (χ3v) is 14.8. The maximum atomic E-state index is 11.9. The van der Waals surface area contributed by atoms with E-state index in [9.17, 15) is 24.3 Å². The second kappa shape index (κ2) is 10.1. The zero-order valence-electron chi connectivity index (χ0n) is 12.5. The van der Waals surface area contributed by atoms with Gasteiger partial charge in [0.25, 0.3) is 0 Å². The van der Waals surface area contributed by atoms with Crippen LogP contribution in [-0.4, -0.2) is 66.2 Å². The summed E-state index contributed by atoms with van der Waals surface area (Å²) < 4.78 is 4.57. The second-order valence-corrected chi connectivity index (χ2v) is 15.1. The molecule has 0 unspecified atom stereocenters. The zero-order chi connectivity index (χ0) is 16.5. The fourth-order valence-corrected chi connectivity index (χ4v) is 13.0. The molecule has 0 aliphatic carbocycles. The molecule has 0 aromatic heterocycles. The fraction of sp³-hybridized carbons (Fsp3) is 0.692. The summed E-state index contributed by atoms with van der Waals surface area (Å²) in [7, 11) is 0. The Labute approximate surface area is 141 Å². The zero-order valence-corrected chi connectivity index (χ0v) is 16.6. The molecule has 1 rings (SSSR count). The van der Waals surface area contributed by atoms with Gasteiger partial charge in [0, 0.05) is 0 Å². The molecule has 22 heavy (non-hydrogen) atoms. The number of amides is 1. The van der Waals surface area contributed by atoms with Crippen LogP contribution in [0, 0.1) is 0 Å². The summed E-state index contributed by atoms with van der Waals surface area (Å²) >= 11 is -1.41. The number of hydrogen-bond acceptors (Lipinski definition) is 6. The van der Waals surface area contributed by atoms with E-state index in [4.69, 9.17) is 4.74 Å². The number of ether oxygens (including phenoxy) is 1. The predicted octanol–water partition coefficient (Wildman–Crippen LogP) is 1.23. The third-order valence-electron chi connectivity index (χ3n) is 3.46. The summed E-state index contributed by atoms with van der Waals surface area (Å²) in [4.78, 5) is 45.1. The number of hydrogen-bond donors (Lipinski definition) is 2. The van der Waals surface area contributed by atoms with E-state index >= 15 is 0 Å². The van der Waals surface area contributed by atoms with E-state index in [2.05, 4.69) is 5.32 Å². The van der Waals surface area contributed by atoms with Crippen LogP contribution in [0.3, 0.4) is 0 Å². The number of ketones is 1. The van der Waals surface area contributed by atoms with Gasteiger partial charge in [0.15, 0.2) is 0 Å². The summed E-state index contributed by atoms with van der Waals surface area (Å²) in [6.45, 7) is 1.19. The number of nitrogens with one attached hydrogen (secondary N) is 1. The van der Waals surface area contributed by atoms with Crippen LogP contribution in [-0.2, 0) is 19.1 Å². The van der Waals surface area contributed by atoms with Crippen molar-refractivity contribution in [1.82, 2.24) is 5.32 Å². The number of thioether (sulfide) groups is 1. The summed E-state index contributed by atoms with van der Waals surface area (Å²) in [6.07, 6.45) is 1.39. The van der Waals surface area contributed by atoms with Gasteiger partial charge < -0.3 is 0 Å². The van der Waals surface area contributed by atoms with Crippen molar-refractivity contribution in [3.8, 4) is 0 Å². The second-order valence-electron chi connectivity index (χ2n) is 5.13. The molecule has 0 bridgehead atoms. The van der Waals surface area contributed by atoms with Crippen LogP contribution >= 0.6 is 11.8 Å². The Morgan fingerprint density at radius 2 is 2.18 bits per heavy atom. The molecule has 0 spiro atoms. The molecule has 1 saturated heterocycles. The van der Waals surface area contributed by atoms with Crippen molar-refractivity contribution in [1.29, 1.82) is 0 Å². The Morgan fingerprint density at radius 1 is 1.45 bits per heavy atom. The average Bonchev–Trinajstić information content (AvgIpc) is 2.44. The molecule has 1 aliphatic heterocycles. The Morgan fingerprint density at radius 3 is 2.82 bits per heavy atom. The molecule has 0 aromatic carbocycles. The first-order valence-corrected chi connectivity index (χ1v) is 14.2. The van der Waals surface area contributed by atoms with Crippen LogP contribution in [0.15, 0.2) is 0 Å². The van der Waals surface area contributed by atoms with E-state index in [0.29, 0.717) is 17.9 Å². The monoisotopic (exact) mass is 433 g/mol. The number of rotatable bonds is 8. The van der Waals surface area contributed by atoms with Crippen LogP contribution in [0.1, 0.15) is 26.2 Å². The third kappa shape index (κ3) is 7.04. The summed E-state index contributed by atoms with van der Waals surface area (Å²) in [5.74, 6) is 0.390. The fourth-order valence-electron chi connectivity index (χ4n) is 2.27. The maximum absolute atomic E-state index is 11.9. The van der Waals surface area contributed by atoms with E-state index in [1.807, 2.05) is 0 Å². The van der Waals surface area contributed by atoms with Gasteiger partial charge in [0.05, 0.1) is 0 Å². The standard InChI is InChI=1S/C12H19NO4S.CHO2.In/c1-3-4-11(15)5-7-18-8-6-12(16)17-9-13-10(2)14;2-1-3;/h5H,1,3-4,6-9H2,2H3,(H,13,14);(H,2,3);. The number of Topliss-reactive ketones (excluding diaryl/α,β-unsaturated/α-hetero) is 1. The Bertz CT molecular complexity index is 444. The molecule has 1 atom stereocenters. The Kier molecular flexibility index (Phi) is 8.92. The van der Waals surface area contributed by atoms with Crippen LogP contribution in [0.2, 0.25) is 7.85 Å². The van der Waals surface area contributed by atoms with E-state index in [1.54, 1.807) is 0 Å². The van der Waals surface area contributed by atoms with Gasteiger partial charge in [-0.15, -0.1) is 0 Å². The topological polar surface area (TPSA) is 110 Å². The number of carbonyl (C=O) groups excluding carboxylic acids is 3. The first-order chi connectivity index (χ1) is 10.4. The van der Waals surface area contributed by atoms with Gasteiger partial charge >= 0.3 is 141 Å². The van der Waals surface area contributed by atoms with Crippen LogP contribution in [0.25, 0.3) is 0 Å². The van der Waals surface area contributed by atoms with Crippen LogP contribution in [0.5, 0.6) is 0 Å². The van der Waals surface area contributed by atoms with Crippen molar-refractivity contribution >= 4 is 54.6 Å². The molecular formula is C13H20InNO6S. The minimum atomic E-state index is -2.84. The van der Waals surface area contributed by atoms with E-state index in [1.165, 1.54) is 18.7 Å². The van der Waals surface area contributed by atoms with Crippen LogP contribution < -0.4 is 5.32 Å². The van der Waals surface area contributed by atoms with Crippen molar-refractivity contribution in [3.05, 3.63) is 0 Å². The minimum absolute atomic E-state index is 0.0928. The average molecular weight is 433 g/mol. The van der Waals surface area contributed by atoms with Gasteiger partial charge in [0.1, 0.15) is 0 Å². The van der Waals surface area contributed by atoms with Gasteiger partial charge in [-0.1, -0.05) is 0 Å². The molecule has 1 amide bonds. The molecule has 9 heteroatoms. The molecule has 0 aromatic rings. The van der Waals surface area contributed by atoms with Crippen LogP contribution in [0.4, 0.5) is 4.79 Å². The molecule has 1 heterocycles. The SMILES string of the molecule is CC(=O)NCOC(=O)CCSC[C@H]1C(=O)CC[CH2][In]1[C](=O)O. The van der Waals surface area contributed by atoms with Crippen molar-refractivity contribution in [3.63, 3.8) is 0 Å². The van der Waals surface area contributed by atoms with Crippen molar-refractivity contribution < 1.29 is 29.0 Å². The summed E-state index contributed by atoms with van der Waals surface area (Å²) in [5, 5.41) is 11.6. The molecule has 7 nitrogen and oxygen atoms in total. The molecule has 122 valence electrons.